The molecular weight excluding hydrogens is 278 g/mol. The predicted octanol–water partition coefficient (Wildman–Crippen LogP) is 2.35. The molecule has 0 amide bonds. The van der Waals surface area contributed by atoms with Crippen LogP contribution in [0.25, 0.3) is 0 Å². The Balaban J connectivity index is 2.45. The molecule has 0 saturated heterocycles. The van der Waals surface area contributed by atoms with E-state index in [-0.39, 0.29) is 22.8 Å². The molecule has 0 atom stereocenters. The molecule has 0 aliphatic carbocycles. The number of aromatic carboxylic acids is 1. The number of nitrogens with zero attached hydrogens (tertiary/aromatic N) is 3. The standard InChI is InChI=1S/C13H7N3O5/c14-7-9-4-5-15-12(11(9)16(19)20)21-10-3-1-2-8(6-10)13(17)18/h1-6H,(H,17,18). The normalized spacial score (nSPS) is 9.67. The van der Waals surface area contributed by atoms with E-state index in [1.54, 1.807) is 6.07 Å². The van der Waals surface area contributed by atoms with Gasteiger partial charge in [-0.2, -0.15) is 5.26 Å². The molecule has 1 aromatic carbocycles. The summed E-state index contributed by atoms with van der Waals surface area (Å²) in [6.07, 6.45) is 1.20. The molecule has 1 aromatic heterocycles. The van der Waals surface area contributed by atoms with Crippen molar-refractivity contribution >= 4 is 11.7 Å². The van der Waals surface area contributed by atoms with Crippen LogP contribution in [0.5, 0.6) is 11.6 Å². The van der Waals surface area contributed by atoms with Crippen LogP contribution in [0.1, 0.15) is 15.9 Å². The van der Waals surface area contributed by atoms with Crippen molar-refractivity contribution < 1.29 is 19.6 Å². The lowest BCUT2D eigenvalue weighted by Gasteiger charge is -2.06. The van der Waals surface area contributed by atoms with Gasteiger partial charge in [0.2, 0.25) is 0 Å². The largest absolute Gasteiger partial charge is 0.478 e. The molecular formula is C13H7N3O5. The monoisotopic (exact) mass is 285 g/mol. The molecule has 0 radical (unpaired) electrons. The fourth-order valence-corrected chi connectivity index (χ4v) is 1.58. The Hall–Kier alpha value is -3.47. The third kappa shape index (κ3) is 2.93. The smallest absolute Gasteiger partial charge is 0.348 e. The second-order valence-corrected chi connectivity index (χ2v) is 3.82. The highest BCUT2D eigenvalue weighted by Crippen LogP contribution is 2.31. The summed E-state index contributed by atoms with van der Waals surface area (Å²) in [5.41, 5.74) is -0.799. The Morgan fingerprint density at radius 3 is 2.81 bits per heavy atom. The van der Waals surface area contributed by atoms with E-state index in [1.165, 1.54) is 36.5 Å². The van der Waals surface area contributed by atoms with Crippen molar-refractivity contribution in [2.24, 2.45) is 0 Å². The minimum atomic E-state index is -1.16. The first-order valence-corrected chi connectivity index (χ1v) is 5.57. The van der Waals surface area contributed by atoms with Gasteiger partial charge >= 0.3 is 17.5 Å². The number of nitro groups is 1. The maximum Gasteiger partial charge on any atom is 0.348 e. The van der Waals surface area contributed by atoms with E-state index >= 15 is 0 Å². The van der Waals surface area contributed by atoms with Crippen LogP contribution in [0.2, 0.25) is 0 Å². The Kier molecular flexibility index (Phi) is 3.76. The van der Waals surface area contributed by atoms with Crippen molar-refractivity contribution in [3.63, 3.8) is 0 Å². The van der Waals surface area contributed by atoms with E-state index in [2.05, 4.69) is 4.98 Å². The predicted molar refractivity (Wildman–Crippen MR) is 69.1 cm³/mol. The zero-order valence-corrected chi connectivity index (χ0v) is 10.4. The zero-order chi connectivity index (χ0) is 15.4. The van der Waals surface area contributed by atoms with E-state index in [0.29, 0.717) is 0 Å². The maximum absolute atomic E-state index is 11.0. The molecule has 0 aliphatic heterocycles. The average Bonchev–Trinajstić information content (AvgIpc) is 2.46. The summed E-state index contributed by atoms with van der Waals surface area (Å²) >= 11 is 0. The number of ether oxygens (including phenoxy) is 1. The molecule has 0 fully saturated rings. The lowest BCUT2D eigenvalue weighted by molar-refractivity contribution is -0.386. The number of carboxylic acid groups (broad SMARTS) is 1. The molecule has 8 nitrogen and oxygen atoms in total. The number of hydrogen-bond donors (Lipinski definition) is 1. The van der Waals surface area contributed by atoms with Crippen LogP contribution in [-0.4, -0.2) is 21.0 Å². The van der Waals surface area contributed by atoms with Gasteiger partial charge in [0.05, 0.1) is 10.5 Å². The Morgan fingerprint density at radius 2 is 2.19 bits per heavy atom. The Labute approximate surface area is 118 Å². The Morgan fingerprint density at radius 1 is 1.43 bits per heavy atom. The van der Waals surface area contributed by atoms with E-state index < -0.39 is 16.6 Å². The van der Waals surface area contributed by atoms with Crippen molar-refractivity contribution in [2.45, 2.75) is 0 Å². The fourth-order valence-electron chi connectivity index (χ4n) is 1.58. The quantitative estimate of drug-likeness (QED) is 0.674. The highest BCUT2D eigenvalue weighted by Gasteiger charge is 2.23. The van der Waals surface area contributed by atoms with Gasteiger partial charge in [0.15, 0.2) is 0 Å². The van der Waals surface area contributed by atoms with Crippen molar-refractivity contribution in [1.82, 2.24) is 4.98 Å². The summed E-state index contributed by atoms with van der Waals surface area (Å²) in [7, 11) is 0. The summed E-state index contributed by atoms with van der Waals surface area (Å²) in [5, 5.41) is 28.7. The summed E-state index contributed by atoms with van der Waals surface area (Å²) in [6, 6.07) is 8.28. The van der Waals surface area contributed by atoms with Gasteiger partial charge in [-0.25, -0.2) is 9.78 Å². The van der Waals surface area contributed by atoms with Crippen LogP contribution in [0.15, 0.2) is 36.5 Å². The highest BCUT2D eigenvalue weighted by molar-refractivity contribution is 5.88. The first-order chi connectivity index (χ1) is 10.0. The van der Waals surface area contributed by atoms with Gasteiger partial charge in [-0.3, -0.25) is 10.1 Å². The molecule has 0 saturated carbocycles. The second-order valence-electron chi connectivity index (χ2n) is 3.82. The van der Waals surface area contributed by atoms with Crippen molar-refractivity contribution in [2.75, 3.05) is 0 Å². The summed E-state index contributed by atoms with van der Waals surface area (Å²) in [5.74, 6) is -1.46. The number of pyridine rings is 1. The molecule has 8 heteroatoms. The van der Waals surface area contributed by atoms with Crippen LogP contribution < -0.4 is 4.74 Å². The lowest BCUT2D eigenvalue weighted by Crippen LogP contribution is -2.00. The van der Waals surface area contributed by atoms with Gasteiger partial charge in [0, 0.05) is 6.20 Å². The molecule has 0 spiro atoms. The van der Waals surface area contributed by atoms with Crippen LogP contribution in [0.4, 0.5) is 5.69 Å². The number of hydrogen-bond acceptors (Lipinski definition) is 6. The molecule has 2 rings (SSSR count). The van der Waals surface area contributed by atoms with Crippen LogP contribution in [0.3, 0.4) is 0 Å². The fraction of sp³-hybridized carbons (Fsp3) is 0. The number of benzene rings is 1. The summed E-state index contributed by atoms with van der Waals surface area (Å²) < 4.78 is 5.24. The Bertz CT molecular complexity index is 767. The van der Waals surface area contributed by atoms with Crippen LogP contribution in [0, 0.1) is 21.4 Å². The second kappa shape index (κ2) is 5.66. The molecule has 2 aromatic rings. The van der Waals surface area contributed by atoms with Crippen LogP contribution >= 0.6 is 0 Å². The number of aromatic nitrogens is 1. The molecule has 0 aliphatic rings. The number of rotatable bonds is 4. The first kappa shape index (κ1) is 14.0. The molecule has 1 heterocycles. The van der Waals surface area contributed by atoms with E-state index in [0.717, 1.165) is 0 Å². The highest BCUT2D eigenvalue weighted by atomic mass is 16.6. The van der Waals surface area contributed by atoms with Crippen molar-refractivity contribution in [3.8, 4) is 17.7 Å². The number of carbonyl (C=O) groups is 1. The third-order valence-corrected chi connectivity index (χ3v) is 2.49. The SMILES string of the molecule is N#Cc1ccnc(Oc2cccc(C(=O)O)c2)c1[N+](=O)[O-]. The molecule has 1 N–H and O–H groups in total. The molecule has 104 valence electrons. The number of nitriles is 1. The van der Waals surface area contributed by atoms with Gasteiger partial charge < -0.3 is 9.84 Å². The van der Waals surface area contributed by atoms with Gasteiger partial charge in [0.25, 0.3) is 0 Å². The van der Waals surface area contributed by atoms with Crippen LogP contribution in [-0.2, 0) is 0 Å². The summed E-state index contributed by atoms with van der Waals surface area (Å²) in [4.78, 5) is 24.8. The third-order valence-electron chi connectivity index (χ3n) is 2.49. The van der Waals surface area contributed by atoms with Crippen molar-refractivity contribution in [3.05, 3.63) is 57.8 Å². The molecule has 0 unspecified atom stereocenters. The maximum atomic E-state index is 11.0. The topological polar surface area (TPSA) is 126 Å². The first-order valence-electron chi connectivity index (χ1n) is 5.57. The lowest BCUT2D eigenvalue weighted by atomic mass is 10.2. The van der Waals surface area contributed by atoms with E-state index in [1.807, 2.05) is 0 Å². The van der Waals surface area contributed by atoms with Gasteiger partial charge in [-0.05, 0) is 24.3 Å². The van der Waals surface area contributed by atoms with Gasteiger partial charge in [0.1, 0.15) is 17.4 Å². The molecule has 21 heavy (non-hydrogen) atoms. The zero-order valence-electron chi connectivity index (χ0n) is 10.4. The summed E-state index contributed by atoms with van der Waals surface area (Å²) in [6.45, 7) is 0. The van der Waals surface area contributed by atoms with Gasteiger partial charge in [-0.15, -0.1) is 0 Å². The minimum Gasteiger partial charge on any atom is -0.478 e. The van der Waals surface area contributed by atoms with Crippen molar-refractivity contribution in [1.29, 1.82) is 5.26 Å². The van der Waals surface area contributed by atoms with E-state index in [9.17, 15) is 14.9 Å². The average molecular weight is 285 g/mol. The van der Waals surface area contributed by atoms with E-state index in [4.69, 9.17) is 15.1 Å². The van der Waals surface area contributed by atoms with Gasteiger partial charge in [-0.1, -0.05) is 6.07 Å². The number of carboxylic acids is 1. The molecule has 0 bridgehead atoms. The minimum absolute atomic E-state index is 0.0356.